The van der Waals surface area contributed by atoms with Gasteiger partial charge in [-0.2, -0.15) is 0 Å². The minimum atomic E-state index is -0.741. The van der Waals surface area contributed by atoms with Crippen LogP contribution >= 0.6 is 11.3 Å². The summed E-state index contributed by atoms with van der Waals surface area (Å²) in [5.41, 5.74) is 10.8. The van der Waals surface area contributed by atoms with Crippen molar-refractivity contribution in [3.05, 3.63) is 68.9 Å². The zero-order valence-corrected chi connectivity index (χ0v) is 25.7. The number of nitrogens with one attached hydrogen (secondary N) is 3. The lowest BCUT2D eigenvalue weighted by Crippen LogP contribution is -2.29. The van der Waals surface area contributed by atoms with Crippen molar-refractivity contribution in [2.75, 3.05) is 23.8 Å². The lowest BCUT2D eigenvalue weighted by molar-refractivity contribution is -0.119. The van der Waals surface area contributed by atoms with E-state index in [1.165, 1.54) is 18.3 Å². The van der Waals surface area contributed by atoms with Gasteiger partial charge in [0.2, 0.25) is 5.91 Å². The van der Waals surface area contributed by atoms with Crippen LogP contribution in [0.5, 0.6) is 0 Å². The Morgan fingerprint density at radius 1 is 1.07 bits per heavy atom. The number of aliphatic hydroxyl groups is 1. The van der Waals surface area contributed by atoms with Crippen molar-refractivity contribution in [3.8, 4) is 11.1 Å². The summed E-state index contributed by atoms with van der Waals surface area (Å²) in [5.74, 6) is -0.393. The predicted molar refractivity (Wildman–Crippen MR) is 170 cm³/mol. The number of amides is 3. The topological polar surface area (TPSA) is 160 Å². The van der Waals surface area contributed by atoms with Gasteiger partial charge in [-0.15, -0.1) is 11.3 Å². The number of rotatable bonds is 8. The minimum absolute atomic E-state index is 0.136. The van der Waals surface area contributed by atoms with Crippen LogP contribution in [0.3, 0.4) is 0 Å². The van der Waals surface area contributed by atoms with Crippen LogP contribution in [0.15, 0.2) is 42.5 Å². The largest absolute Gasteiger partial charge is 0.447 e. The van der Waals surface area contributed by atoms with Crippen LogP contribution in [-0.2, 0) is 16.1 Å². The normalized spacial score (nSPS) is 18.2. The van der Waals surface area contributed by atoms with E-state index in [0.29, 0.717) is 64.7 Å². The first-order valence-electron chi connectivity index (χ1n) is 15.0. The zero-order chi connectivity index (χ0) is 31.4. The Kier molecular flexibility index (Phi) is 9.77. The molecule has 1 aromatic heterocycles. The first kappa shape index (κ1) is 31.4. The smallest absolute Gasteiger partial charge is 0.411 e. The van der Waals surface area contributed by atoms with E-state index in [1.807, 2.05) is 31.2 Å². The summed E-state index contributed by atoms with van der Waals surface area (Å²) in [4.78, 5) is 53.2. The molecule has 1 aliphatic heterocycles. The molecular weight excluding hydrogens is 580 g/mol. The Morgan fingerprint density at radius 2 is 1.86 bits per heavy atom. The third kappa shape index (κ3) is 7.18. The molecule has 10 nitrogen and oxygen atoms in total. The molecule has 0 unspecified atom stereocenters. The number of carbonyl (C=O) groups is 4. The number of fused-ring (bicyclic) bond motifs is 4. The standard InChI is InChI=1S/C33H38N4O6S/c1-18-4-3-5-27(36-32(41)21-8-9-22(17-34)25(14-21)20-6-7-20)29-16-26(30(44-29)19(2)39)24-11-10-23(15-28(24)37-31(18)40)35-33(42)43-13-12-38/h8-11,14-16,18,20,27,38H,3-7,12-13,17,34H2,1-2H3,(H,35,42)(H,36,41)(H,37,40)/t18-,27+/m1/s1. The molecule has 2 bridgehead atoms. The van der Waals surface area contributed by atoms with Gasteiger partial charge >= 0.3 is 6.09 Å². The van der Waals surface area contributed by atoms with Crippen molar-refractivity contribution < 1.29 is 29.0 Å². The highest BCUT2D eigenvalue weighted by atomic mass is 32.1. The molecule has 3 aromatic rings. The van der Waals surface area contributed by atoms with Crippen molar-refractivity contribution >= 4 is 46.4 Å². The Balaban J connectivity index is 1.51. The van der Waals surface area contributed by atoms with Gasteiger partial charge in [-0.25, -0.2) is 4.79 Å². The number of thiophene rings is 1. The van der Waals surface area contributed by atoms with Gasteiger partial charge in [0.05, 0.1) is 23.2 Å². The van der Waals surface area contributed by atoms with Gasteiger partial charge in [0.25, 0.3) is 5.91 Å². The Hall–Kier alpha value is -4.06. The molecule has 2 aromatic carbocycles. The zero-order valence-electron chi connectivity index (χ0n) is 24.9. The summed E-state index contributed by atoms with van der Waals surface area (Å²) >= 11 is 1.34. The molecule has 1 aliphatic carbocycles. The minimum Gasteiger partial charge on any atom is -0.447 e. The molecule has 44 heavy (non-hydrogen) atoms. The van der Waals surface area contributed by atoms with Gasteiger partial charge in [-0.1, -0.05) is 25.5 Å². The van der Waals surface area contributed by atoms with E-state index in [0.717, 1.165) is 28.8 Å². The van der Waals surface area contributed by atoms with E-state index in [2.05, 4.69) is 16.0 Å². The Labute approximate surface area is 260 Å². The first-order valence-corrected chi connectivity index (χ1v) is 15.8. The highest BCUT2D eigenvalue weighted by Gasteiger charge is 2.29. The Morgan fingerprint density at radius 3 is 2.57 bits per heavy atom. The van der Waals surface area contributed by atoms with Crippen molar-refractivity contribution in [1.29, 1.82) is 0 Å². The molecule has 11 heteroatoms. The van der Waals surface area contributed by atoms with Gasteiger partial charge < -0.3 is 26.2 Å². The van der Waals surface area contributed by atoms with Crippen LogP contribution in [0.4, 0.5) is 16.2 Å². The number of Topliss-reactive ketones (excluding diaryl/α,β-unsaturated/α-hetero) is 1. The van der Waals surface area contributed by atoms with Crippen molar-refractivity contribution in [2.24, 2.45) is 11.7 Å². The molecule has 5 rings (SSSR count). The van der Waals surface area contributed by atoms with E-state index >= 15 is 0 Å². The number of hydrogen-bond acceptors (Lipinski definition) is 8. The van der Waals surface area contributed by atoms with E-state index in [4.69, 9.17) is 15.6 Å². The molecule has 2 heterocycles. The van der Waals surface area contributed by atoms with Crippen LogP contribution < -0.4 is 21.7 Å². The van der Waals surface area contributed by atoms with Gasteiger partial charge in [-0.05, 0) is 80.0 Å². The molecule has 1 saturated carbocycles. The molecule has 0 radical (unpaired) electrons. The molecule has 1 fully saturated rings. The van der Waals surface area contributed by atoms with Crippen LogP contribution in [0.2, 0.25) is 0 Å². The maximum absolute atomic E-state index is 13.6. The predicted octanol–water partition coefficient (Wildman–Crippen LogP) is 5.72. The summed E-state index contributed by atoms with van der Waals surface area (Å²) < 4.78 is 4.90. The first-order chi connectivity index (χ1) is 21.2. The SMILES string of the molecule is CC(=O)c1sc2cc1-c1ccc(NC(=O)OCCO)cc1NC(=O)[C@H](C)CCC[C@@H]2NC(=O)c1ccc(CN)c(C2CC2)c1. The number of nitrogens with two attached hydrogens (primary N) is 1. The third-order valence-corrected chi connectivity index (χ3v) is 9.43. The summed E-state index contributed by atoms with van der Waals surface area (Å²) in [5, 5.41) is 17.7. The summed E-state index contributed by atoms with van der Waals surface area (Å²) in [6.07, 6.45) is 3.33. The van der Waals surface area contributed by atoms with Crippen LogP contribution in [0.1, 0.15) is 93.9 Å². The maximum Gasteiger partial charge on any atom is 0.411 e. The fourth-order valence-corrected chi connectivity index (χ4v) is 6.69. The highest BCUT2D eigenvalue weighted by molar-refractivity contribution is 7.14. The highest BCUT2D eigenvalue weighted by Crippen LogP contribution is 2.43. The number of ketones is 1. The van der Waals surface area contributed by atoms with E-state index < -0.39 is 6.09 Å². The second kappa shape index (κ2) is 13.7. The van der Waals surface area contributed by atoms with Crippen molar-refractivity contribution in [2.45, 2.75) is 64.5 Å². The summed E-state index contributed by atoms with van der Waals surface area (Å²) in [6.45, 7) is 3.33. The Bertz CT molecular complexity index is 1580. The molecular formula is C33H38N4O6S. The van der Waals surface area contributed by atoms with Gasteiger partial charge in [0.1, 0.15) is 6.61 Å². The fraction of sp³-hybridized carbons (Fsp3) is 0.394. The van der Waals surface area contributed by atoms with Gasteiger partial charge in [0.15, 0.2) is 5.78 Å². The van der Waals surface area contributed by atoms with Crippen LogP contribution in [0, 0.1) is 5.92 Å². The molecule has 0 saturated heterocycles. The molecule has 0 spiro atoms. The summed E-state index contributed by atoms with van der Waals surface area (Å²) in [6, 6.07) is 12.3. The maximum atomic E-state index is 13.6. The second-order valence-electron chi connectivity index (χ2n) is 11.4. The van der Waals surface area contributed by atoms with E-state index in [1.54, 1.807) is 18.2 Å². The van der Waals surface area contributed by atoms with Gasteiger partial charge in [-0.3, -0.25) is 19.7 Å². The molecule has 6 N–H and O–H groups in total. The molecule has 2 atom stereocenters. The average molecular weight is 619 g/mol. The quantitative estimate of drug-likeness (QED) is 0.202. The number of anilines is 2. The number of benzene rings is 2. The fourth-order valence-electron chi connectivity index (χ4n) is 5.53. The average Bonchev–Trinajstić information content (AvgIpc) is 3.76. The third-order valence-electron chi connectivity index (χ3n) is 8.08. The van der Waals surface area contributed by atoms with E-state index in [9.17, 15) is 19.2 Å². The van der Waals surface area contributed by atoms with E-state index in [-0.39, 0.29) is 42.8 Å². The number of aliphatic hydroxyl groups excluding tert-OH is 1. The molecule has 2 aliphatic rings. The second-order valence-corrected chi connectivity index (χ2v) is 12.5. The lowest BCUT2D eigenvalue weighted by atomic mass is 9.95. The number of carbonyl (C=O) groups excluding carboxylic acids is 4. The lowest BCUT2D eigenvalue weighted by Gasteiger charge is -2.21. The summed E-state index contributed by atoms with van der Waals surface area (Å²) in [7, 11) is 0. The van der Waals surface area contributed by atoms with Crippen molar-refractivity contribution in [3.63, 3.8) is 0 Å². The van der Waals surface area contributed by atoms with Crippen molar-refractivity contribution in [1.82, 2.24) is 5.32 Å². The van der Waals surface area contributed by atoms with Gasteiger partial charge in [0, 0.05) is 39.7 Å². The molecule has 232 valence electrons. The number of ether oxygens (including phenoxy) is 1. The number of hydrogen-bond donors (Lipinski definition) is 5. The molecule has 3 amide bonds. The monoisotopic (exact) mass is 618 g/mol. The van der Waals surface area contributed by atoms with Crippen LogP contribution in [0.25, 0.3) is 11.1 Å². The van der Waals surface area contributed by atoms with Crippen LogP contribution in [-0.4, -0.2) is 42.0 Å².